The SMILES string of the molecule is CC(C)(c1ccc(Br)cc1)c1csc(NC(=O)NCc2ccc(N3CCC(O)C3)cc2)n1. The van der Waals surface area contributed by atoms with Crippen molar-refractivity contribution in [2.75, 3.05) is 23.3 Å². The van der Waals surface area contributed by atoms with Gasteiger partial charge in [0.25, 0.3) is 0 Å². The molecule has 32 heavy (non-hydrogen) atoms. The van der Waals surface area contributed by atoms with E-state index in [2.05, 4.69) is 62.4 Å². The second-order valence-corrected chi connectivity index (χ2v) is 10.3. The van der Waals surface area contributed by atoms with Crippen molar-refractivity contribution >= 4 is 44.1 Å². The predicted molar refractivity (Wildman–Crippen MR) is 134 cm³/mol. The van der Waals surface area contributed by atoms with Gasteiger partial charge in [0.2, 0.25) is 0 Å². The lowest BCUT2D eigenvalue weighted by Crippen LogP contribution is -2.28. The Morgan fingerprint density at radius 3 is 2.59 bits per heavy atom. The maximum atomic E-state index is 12.4. The van der Waals surface area contributed by atoms with E-state index >= 15 is 0 Å². The smallest absolute Gasteiger partial charge is 0.321 e. The Morgan fingerprint density at radius 1 is 1.22 bits per heavy atom. The molecule has 2 aromatic carbocycles. The molecule has 1 unspecified atom stereocenters. The summed E-state index contributed by atoms with van der Waals surface area (Å²) in [6, 6.07) is 16.0. The number of rotatable bonds is 6. The van der Waals surface area contributed by atoms with Crippen LogP contribution in [0.25, 0.3) is 0 Å². The van der Waals surface area contributed by atoms with Crippen molar-refractivity contribution in [3.63, 3.8) is 0 Å². The van der Waals surface area contributed by atoms with E-state index in [0.717, 1.165) is 39.9 Å². The average molecular weight is 515 g/mol. The largest absolute Gasteiger partial charge is 0.391 e. The van der Waals surface area contributed by atoms with Gasteiger partial charge in [-0.3, -0.25) is 5.32 Å². The van der Waals surface area contributed by atoms with Gasteiger partial charge in [0, 0.05) is 40.6 Å². The van der Waals surface area contributed by atoms with Crippen molar-refractivity contribution in [2.45, 2.75) is 38.3 Å². The number of halogens is 1. The highest BCUT2D eigenvalue weighted by Gasteiger charge is 2.26. The molecule has 0 radical (unpaired) electrons. The molecule has 1 fully saturated rings. The summed E-state index contributed by atoms with van der Waals surface area (Å²) < 4.78 is 1.04. The van der Waals surface area contributed by atoms with Crippen LogP contribution in [0.3, 0.4) is 0 Å². The normalized spacial score (nSPS) is 16.2. The molecular weight excluding hydrogens is 488 g/mol. The number of carbonyl (C=O) groups is 1. The van der Waals surface area contributed by atoms with Crippen LogP contribution in [0.1, 0.15) is 37.1 Å². The predicted octanol–water partition coefficient (Wildman–Crippen LogP) is 5.12. The van der Waals surface area contributed by atoms with Crippen LogP contribution in [0.15, 0.2) is 58.4 Å². The van der Waals surface area contributed by atoms with E-state index in [1.165, 1.54) is 11.3 Å². The van der Waals surface area contributed by atoms with Gasteiger partial charge in [-0.2, -0.15) is 0 Å². The Morgan fingerprint density at radius 2 is 1.94 bits per heavy atom. The topological polar surface area (TPSA) is 77.5 Å². The fourth-order valence-corrected chi connectivity index (χ4v) is 4.89. The molecule has 8 heteroatoms. The number of hydrogen-bond donors (Lipinski definition) is 3. The fraction of sp³-hybridized carbons (Fsp3) is 0.333. The summed E-state index contributed by atoms with van der Waals surface area (Å²) in [5, 5.41) is 18.0. The third-order valence-corrected chi connectivity index (χ3v) is 7.14. The van der Waals surface area contributed by atoms with Crippen molar-refractivity contribution < 1.29 is 9.90 Å². The second-order valence-electron chi connectivity index (χ2n) is 8.53. The van der Waals surface area contributed by atoms with E-state index < -0.39 is 0 Å². The summed E-state index contributed by atoms with van der Waals surface area (Å²) in [6.45, 7) is 6.23. The van der Waals surface area contributed by atoms with Crippen molar-refractivity contribution in [3.8, 4) is 0 Å². The Kier molecular flexibility index (Phi) is 6.83. The first-order chi connectivity index (χ1) is 15.3. The first-order valence-corrected chi connectivity index (χ1v) is 12.3. The number of β-amino-alcohol motifs (C(OH)–C–C–N with tert-alkyl or cyclic N) is 1. The van der Waals surface area contributed by atoms with Crippen molar-refractivity contribution in [2.24, 2.45) is 0 Å². The van der Waals surface area contributed by atoms with Gasteiger partial charge in [-0.1, -0.05) is 54.0 Å². The van der Waals surface area contributed by atoms with Gasteiger partial charge in [0.1, 0.15) is 0 Å². The van der Waals surface area contributed by atoms with Crippen LogP contribution in [0.4, 0.5) is 15.6 Å². The molecule has 1 aliphatic rings. The molecule has 1 atom stereocenters. The molecule has 168 valence electrons. The van der Waals surface area contributed by atoms with E-state index in [1.807, 2.05) is 41.8 Å². The summed E-state index contributed by atoms with van der Waals surface area (Å²) in [5.41, 5.74) is 3.93. The zero-order valence-corrected chi connectivity index (χ0v) is 20.5. The molecule has 0 spiro atoms. The summed E-state index contributed by atoms with van der Waals surface area (Å²) >= 11 is 4.90. The lowest BCUT2D eigenvalue weighted by atomic mass is 9.82. The zero-order chi connectivity index (χ0) is 22.7. The number of aliphatic hydroxyl groups excluding tert-OH is 1. The number of urea groups is 1. The Labute approximate surface area is 200 Å². The highest BCUT2D eigenvalue weighted by atomic mass is 79.9. The third kappa shape index (κ3) is 5.31. The van der Waals surface area contributed by atoms with Crippen LogP contribution in [0, 0.1) is 0 Å². The van der Waals surface area contributed by atoms with E-state index in [-0.39, 0.29) is 17.6 Å². The standard InChI is InChI=1S/C24H27BrN4O2S/c1-24(2,17-5-7-18(25)8-6-17)21-15-32-23(27-21)28-22(31)26-13-16-3-9-19(10-4-16)29-12-11-20(30)14-29/h3-10,15,20,30H,11-14H2,1-2H3,(H2,26,27,28,31). The second kappa shape index (κ2) is 9.60. The highest BCUT2D eigenvalue weighted by Crippen LogP contribution is 2.34. The number of thiazole rings is 1. The van der Waals surface area contributed by atoms with E-state index in [1.54, 1.807) is 0 Å². The lowest BCUT2D eigenvalue weighted by molar-refractivity contribution is 0.198. The molecule has 3 N–H and O–H groups in total. The highest BCUT2D eigenvalue weighted by molar-refractivity contribution is 9.10. The van der Waals surface area contributed by atoms with Gasteiger partial charge in [-0.15, -0.1) is 11.3 Å². The van der Waals surface area contributed by atoms with Gasteiger partial charge in [0.05, 0.1) is 11.8 Å². The van der Waals surface area contributed by atoms with Gasteiger partial charge in [-0.25, -0.2) is 9.78 Å². The molecule has 2 amide bonds. The number of nitrogens with one attached hydrogen (secondary N) is 2. The molecule has 0 bridgehead atoms. The minimum atomic E-state index is -0.279. The van der Waals surface area contributed by atoms with Gasteiger partial charge < -0.3 is 15.3 Å². The van der Waals surface area contributed by atoms with E-state index in [0.29, 0.717) is 18.2 Å². The maximum Gasteiger partial charge on any atom is 0.321 e. The molecule has 1 saturated heterocycles. The molecule has 1 aliphatic heterocycles. The van der Waals surface area contributed by atoms with E-state index in [9.17, 15) is 9.90 Å². The number of nitrogens with zero attached hydrogens (tertiary/aromatic N) is 2. The summed E-state index contributed by atoms with van der Waals surface area (Å²) in [4.78, 5) is 19.2. The van der Waals surface area contributed by atoms with Crippen LogP contribution in [-0.2, 0) is 12.0 Å². The molecule has 0 saturated carbocycles. The number of carbonyl (C=O) groups excluding carboxylic acids is 1. The van der Waals surface area contributed by atoms with Crippen molar-refractivity contribution in [3.05, 3.63) is 75.2 Å². The van der Waals surface area contributed by atoms with Crippen LogP contribution >= 0.6 is 27.3 Å². The molecule has 0 aliphatic carbocycles. The number of anilines is 2. The number of aromatic nitrogens is 1. The number of benzene rings is 2. The molecular formula is C24H27BrN4O2S. The first-order valence-electron chi connectivity index (χ1n) is 10.6. The molecule has 6 nitrogen and oxygen atoms in total. The summed E-state index contributed by atoms with van der Waals surface area (Å²) in [7, 11) is 0. The van der Waals surface area contributed by atoms with Crippen LogP contribution in [-0.4, -0.2) is 35.3 Å². The summed E-state index contributed by atoms with van der Waals surface area (Å²) in [5.74, 6) is 0. The Bertz CT molecular complexity index is 1070. The molecule has 1 aromatic heterocycles. The number of aliphatic hydroxyl groups is 1. The van der Waals surface area contributed by atoms with E-state index in [4.69, 9.17) is 0 Å². The minimum Gasteiger partial charge on any atom is -0.391 e. The molecule has 4 rings (SSSR count). The van der Waals surface area contributed by atoms with Gasteiger partial charge in [0.15, 0.2) is 5.13 Å². The number of hydrogen-bond acceptors (Lipinski definition) is 5. The van der Waals surface area contributed by atoms with Crippen LogP contribution in [0.2, 0.25) is 0 Å². The average Bonchev–Trinajstić information content (AvgIpc) is 3.42. The maximum absolute atomic E-state index is 12.4. The minimum absolute atomic E-state index is 0.244. The quantitative estimate of drug-likeness (QED) is 0.426. The summed E-state index contributed by atoms with van der Waals surface area (Å²) in [6.07, 6.45) is 0.564. The first kappa shape index (κ1) is 22.8. The lowest BCUT2D eigenvalue weighted by Gasteiger charge is -2.23. The Balaban J connectivity index is 1.31. The fourth-order valence-electron chi connectivity index (χ4n) is 3.76. The zero-order valence-electron chi connectivity index (χ0n) is 18.1. The van der Waals surface area contributed by atoms with Gasteiger partial charge >= 0.3 is 6.03 Å². The van der Waals surface area contributed by atoms with Crippen LogP contribution < -0.4 is 15.5 Å². The molecule has 2 heterocycles. The Hall–Kier alpha value is -2.42. The third-order valence-electron chi connectivity index (χ3n) is 5.85. The number of amides is 2. The van der Waals surface area contributed by atoms with Crippen molar-refractivity contribution in [1.82, 2.24) is 10.3 Å². The van der Waals surface area contributed by atoms with Gasteiger partial charge in [-0.05, 0) is 41.8 Å². The monoisotopic (exact) mass is 514 g/mol. The molecule has 3 aromatic rings. The van der Waals surface area contributed by atoms with Crippen LogP contribution in [0.5, 0.6) is 0 Å². The van der Waals surface area contributed by atoms with Crippen molar-refractivity contribution in [1.29, 1.82) is 0 Å².